The van der Waals surface area contributed by atoms with Gasteiger partial charge in [-0.1, -0.05) is 31.0 Å². The van der Waals surface area contributed by atoms with Crippen LogP contribution in [0.4, 0.5) is 0 Å². The Morgan fingerprint density at radius 3 is 2.88 bits per heavy atom. The lowest BCUT2D eigenvalue weighted by atomic mass is 9.67. The average molecular weight is 336 g/mol. The van der Waals surface area contributed by atoms with Gasteiger partial charge in [0.1, 0.15) is 0 Å². The summed E-state index contributed by atoms with van der Waals surface area (Å²) in [7, 11) is 0. The van der Waals surface area contributed by atoms with Gasteiger partial charge in [0.15, 0.2) is 0 Å². The molecule has 17 heavy (non-hydrogen) atoms. The standard InChI is InChI=1S/C14H16BrCl.ClH/c1-14-7-2-3-11(14)9-4-5-12(15)13(16)10(9)6-8-14;/h4-5,11H,2-3,6-8H2,1H3;1H/t11-,14-;/m1./s1. The quantitative estimate of drug-likeness (QED) is 0.566. The third kappa shape index (κ3) is 2.05. The Morgan fingerprint density at radius 2 is 2.12 bits per heavy atom. The van der Waals surface area contributed by atoms with E-state index < -0.39 is 0 Å². The topological polar surface area (TPSA) is 0 Å². The minimum absolute atomic E-state index is 0. The van der Waals surface area contributed by atoms with Gasteiger partial charge in [-0.3, -0.25) is 0 Å². The highest BCUT2D eigenvalue weighted by Gasteiger charge is 2.43. The van der Waals surface area contributed by atoms with Gasteiger partial charge in [0.2, 0.25) is 0 Å². The van der Waals surface area contributed by atoms with Crippen LogP contribution in [0.2, 0.25) is 5.02 Å². The predicted octanol–water partition coefficient (Wildman–Crippen LogP) is 5.74. The molecule has 1 saturated carbocycles. The van der Waals surface area contributed by atoms with Gasteiger partial charge in [0, 0.05) is 4.47 Å². The monoisotopic (exact) mass is 334 g/mol. The number of halogens is 3. The summed E-state index contributed by atoms with van der Waals surface area (Å²) in [4.78, 5) is 0. The molecule has 0 radical (unpaired) electrons. The average Bonchev–Trinajstić information content (AvgIpc) is 2.65. The zero-order valence-corrected chi connectivity index (χ0v) is 13.1. The van der Waals surface area contributed by atoms with E-state index in [9.17, 15) is 0 Å². The van der Waals surface area contributed by atoms with E-state index in [1.54, 1.807) is 0 Å². The van der Waals surface area contributed by atoms with Crippen LogP contribution in [0.1, 0.15) is 49.7 Å². The van der Waals surface area contributed by atoms with Crippen molar-refractivity contribution in [2.45, 2.75) is 44.9 Å². The highest BCUT2D eigenvalue weighted by molar-refractivity contribution is 9.10. The number of benzene rings is 1. The number of fused-ring (bicyclic) bond motifs is 3. The van der Waals surface area contributed by atoms with Crippen LogP contribution in [-0.4, -0.2) is 0 Å². The van der Waals surface area contributed by atoms with E-state index in [1.807, 2.05) is 0 Å². The van der Waals surface area contributed by atoms with Crippen molar-refractivity contribution in [3.63, 3.8) is 0 Å². The van der Waals surface area contributed by atoms with E-state index in [1.165, 1.54) is 36.8 Å². The fourth-order valence-electron chi connectivity index (χ4n) is 3.66. The SMILES string of the molecule is C[C@]12CCC[C@@H]1c1ccc(Br)c(Cl)c1CC2.Cl. The molecule has 0 bridgehead atoms. The lowest BCUT2D eigenvalue weighted by molar-refractivity contribution is 0.252. The summed E-state index contributed by atoms with van der Waals surface area (Å²) < 4.78 is 1.05. The Balaban J connectivity index is 0.00000108. The van der Waals surface area contributed by atoms with E-state index in [4.69, 9.17) is 11.6 Å². The first-order valence-electron chi connectivity index (χ1n) is 6.08. The first-order valence-corrected chi connectivity index (χ1v) is 7.26. The molecule has 3 rings (SSSR count). The van der Waals surface area contributed by atoms with Crippen molar-refractivity contribution in [1.29, 1.82) is 0 Å². The summed E-state index contributed by atoms with van der Waals surface area (Å²) in [6, 6.07) is 4.41. The fraction of sp³-hybridized carbons (Fsp3) is 0.571. The molecule has 2 aliphatic carbocycles. The summed E-state index contributed by atoms with van der Waals surface area (Å²) in [5.74, 6) is 0.752. The van der Waals surface area contributed by atoms with E-state index in [-0.39, 0.29) is 12.4 Å². The molecule has 2 aliphatic rings. The number of hydrogen-bond donors (Lipinski definition) is 0. The molecule has 0 N–H and O–H groups in total. The van der Waals surface area contributed by atoms with Crippen molar-refractivity contribution >= 4 is 39.9 Å². The summed E-state index contributed by atoms with van der Waals surface area (Å²) in [6.07, 6.45) is 6.59. The van der Waals surface area contributed by atoms with Crippen molar-refractivity contribution in [3.05, 3.63) is 32.8 Å². The van der Waals surface area contributed by atoms with Crippen LogP contribution in [0.3, 0.4) is 0 Å². The smallest absolute Gasteiger partial charge is 0.0582 e. The Labute approximate surface area is 123 Å². The molecule has 0 saturated heterocycles. The molecule has 1 aromatic rings. The molecule has 2 atom stereocenters. The van der Waals surface area contributed by atoms with E-state index in [2.05, 4.69) is 35.0 Å². The maximum atomic E-state index is 6.40. The zero-order valence-electron chi connectivity index (χ0n) is 9.93. The largest absolute Gasteiger partial charge is 0.147 e. The Morgan fingerprint density at radius 1 is 1.35 bits per heavy atom. The van der Waals surface area contributed by atoms with Gasteiger partial charge in [-0.05, 0) is 70.1 Å². The summed E-state index contributed by atoms with van der Waals surface area (Å²) in [5, 5.41) is 0.950. The second-order valence-electron chi connectivity index (χ2n) is 5.53. The van der Waals surface area contributed by atoms with Gasteiger partial charge in [-0.25, -0.2) is 0 Å². The molecular weight excluding hydrogens is 319 g/mol. The molecular formula is C14H17BrCl2. The molecule has 0 spiro atoms. The molecule has 0 aliphatic heterocycles. The second-order valence-corrected chi connectivity index (χ2v) is 6.76. The Bertz CT molecular complexity index is 444. The lowest BCUT2D eigenvalue weighted by Gasteiger charge is -2.38. The molecule has 94 valence electrons. The molecule has 0 aromatic heterocycles. The first-order chi connectivity index (χ1) is 7.62. The van der Waals surface area contributed by atoms with Crippen LogP contribution in [0.15, 0.2) is 16.6 Å². The first kappa shape index (κ1) is 13.7. The molecule has 3 heteroatoms. The molecule has 1 aromatic carbocycles. The van der Waals surface area contributed by atoms with Crippen molar-refractivity contribution in [2.24, 2.45) is 5.41 Å². The summed E-state index contributed by atoms with van der Waals surface area (Å²) in [5.41, 5.74) is 3.48. The Hall–Kier alpha value is 0.280. The van der Waals surface area contributed by atoms with Gasteiger partial charge < -0.3 is 0 Å². The molecule has 0 nitrogen and oxygen atoms in total. The molecule has 0 unspecified atom stereocenters. The van der Waals surface area contributed by atoms with Crippen LogP contribution in [0.25, 0.3) is 0 Å². The minimum atomic E-state index is 0. The van der Waals surface area contributed by atoms with Crippen LogP contribution in [0, 0.1) is 5.41 Å². The van der Waals surface area contributed by atoms with Crippen LogP contribution >= 0.6 is 39.9 Å². The van der Waals surface area contributed by atoms with Crippen molar-refractivity contribution < 1.29 is 0 Å². The van der Waals surface area contributed by atoms with Crippen LogP contribution in [0.5, 0.6) is 0 Å². The summed E-state index contributed by atoms with van der Waals surface area (Å²) in [6.45, 7) is 2.46. The predicted molar refractivity (Wildman–Crippen MR) is 79.4 cm³/mol. The molecule has 0 amide bonds. The van der Waals surface area contributed by atoms with Crippen molar-refractivity contribution in [3.8, 4) is 0 Å². The third-order valence-electron chi connectivity index (χ3n) is 4.64. The van der Waals surface area contributed by atoms with Crippen LogP contribution in [-0.2, 0) is 6.42 Å². The zero-order chi connectivity index (χ0) is 11.3. The maximum Gasteiger partial charge on any atom is 0.0582 e. The normalized spacial score (nSPS) is 30.4. The molecule has 0 heterocycles. The highest BCUT2D eigenvalue weighted by Crippen LogP contribution is 2.56. The van der Waals surface area contributed by atoms with Crippen molar-refractivity contribution in [1.82, 2.24) is 0 Å². The van der Waals surface area contributed by atoms with Crippen LogP contribution < -0.4 is 0 Å². The summed E-state index contributed by atoms with van der Waals surface area (Å²) >= 11 is 9.93. The highest BCUT2D eigenvalue weighted by atomic mass is 79.9. The van der Waals surface area contributed by atoms with E-state index >= 15 is 0 Å². The number of rotatable bonds is 0. The van der Waals surface area contributed by atoms with Gasteiger partial charge in [0.05, 0.1) is 5.02 Å². The van der Waals surface area contributed by atoms with Crippen molar-refractivity contribution in [2.75, 3.05) is 0 Å². The van der Waals surface area contributed by atoms with Gasteiger partial charge in [0.25, 0.3) is 0 Å². The van der Waals surface area contributed by atoms with Gasteiger partial charge in [-0.15, -0.1) is 12.4 Å². The third-order valence-corrected chi connectivity index (χ3v) is 5.96. The minimum Gasteiger partial charge on any atom is -0.147 e. The van der Waals surface area contributed by atoms with Gasteiger partial charge in [-0.2, -0.15) is 0 Å². The van der Waals surface area contributed by atoms with Gasteiger partial charge >= 0.3 is 0 Å². The second kappa shape index (κ2) is 4.75. The maximum absolute atomic E-state index is 6.40. The van der Waals surface area contributed by atoms with E-state index in [0.29, 0.717) is 5.41 Å². The Kier molecular flexibility index (Phi) is 3.83. The lowest BCUT2D eigenvalue weighted by Crippen LogP contribution is -2.26. The fourth-order valence-corrected chi connectivity index (χ4v) is 4.30. The van der Waals surface area contributed by atoms with E-state index in [0.717, 1.165) is 21.8 Å². The number of hydrogen-bond acceptors (Lipinski definition) is 0. The molecule has 1 fully saturated rings.